The summed E-state index contributed by atoms with van der Waals surface area (Å²) in [5.74, 6) is 1.89. The Morgan fingerprint density at radius 1 is 1.53 bits per heavy atom. The van der Waals surface area contributed by atoms with E-state index in [1.807, 2.05) is 6.07 Å². The first kappa shape index (κ1) is 10.7. The lowest BCUT2D eigenvalue weighted by molar-refractivity contribution is 0.331. The van der Waals surface area contributed by atoms with Crippen LogP contribution in [0.4, 0.5) is 0 Å². The summed E-state index contributed by atoms with van der Waals surface area (Å²) in [6.45, 7) is 4.55. The van der Waals surface area contributed by atoms with Crippen LogP contribution in [-0.4, -0.2) is 6.04 Å². The van der Waals surface area contributed by atoms with Crippen LogP contribution in [-0.2, 0) is 0 Å². The molecule has 2 rings (SSSR count). The zero-order valence-electron chi connectivity index (χ0n) is 9.70. The molecule has 3 atom stereocenters. The number of nitrogens with one attached hydrogen (secondary N) is 1. The molecule has 0 bridgehead atoms. The van der Waals surface area contributed by atoms with Crippen LogP contribution in [0.3, 0.4) is 0 Å². The third kappa shape index (κ3) is 2.43. The molecule has 0 aromatic carbocycles. The molecule has 0 radical (unpaired) electrons. The van der Waals surface area contributed by atoms with Crippen LogP contribution in [0.15, 0.2) is 22.8 Å². The second kappa shape index (κ2) is 4.84. The van der Waals surface area contributed by atoms with E-state index in [1.165, 1.54) is 19.3 Å². The van der Waals surface area contributed by atoms with Crippen molar-refractivity contribution in [3.05, 3.63) is 24.2 Å². The van der Waals surface area contributed by atoms with Crippen molar-refractivity contribution in [2.24, 2.45) is 5.92 Å². The molecule has 1 N–H and O–H groups in total. The van der Waals surface area contributed by atoms with Gasteiger partial charge in [0.25, 0.3) is 0 Å². The fraction of sp³-hybridized carbons (Fsp3) is 0.692. The van der Waals surface area contributed by atoms with Crippen LogP contribution in [0.1, 0.15) is 51.3 Å². The predicted molar refractivity (Wildman–Crippen MR) is 61.7 cm³/mol. The molecule has 0 spiro atoms. The lowest BCUT2D eigenvalue weighted by atomic mass is 10.0. The summed E-state index contributed by atoms with van der Waals surface area (Å²) in [5.41, 5.74) is 0. The molecule has 1 saturated carbocycles. The molecule has 15 heavy (non-hydrogen) atoms. The lowest BCUT2D eigenvalue weighted by Crippen LogP contribution is -2.34. The van der Waals surface area contributed by atoms with Gasteiger partial charge in [-0.15, -0.1) is 0 Å². The minimum Gasteiger partial charge on any atom is -0.468 e. The van der Waals surface area contributed by atoms with Gasteiger partial charge in [-0.3, -0.25) is 0 Å². The fourth-order valence-electron chi connectivity index (χ4n) is 2.54. The normalized spacial score (nSPS) is 28.1. The molecule has 0 saturated heterocycles. The third-order valence-corrected chi connectivity index (χ3v) is 3.57. The van der Waals surface area contributed by atoms with Crippen LogP contribution in [0.2, 0.25) is 0 Å². The summed E-state index contributed by atoms with van der Waals surface area (Å²) < 4.78 is 5.47. The van der Waals surface area contributed by atoms with Gasteiger partial charge in [-0.2, -0.15) is 0 Å². The molecular weight excluding hydrogens is 186 g/mol. The minimum atomic E-state index is 0.394. The van der Waals surface area contributed by atoms with Gasteiger partial charge in [0.1, 0.15) is 5.76 Å². The SMILES string of the molecule is CCC(NC1CCCC1C)c1ccco1. The molecule has 0 amide bonds. The van der Waals surface area contributed by atoms with Crippen molar-refractivity contribution < 1.29 is 4.42 Å². The Kier molecular flexibility index (Phi) is 3.47. The van der Waals surface area contributed by atoms with Crippen molar-refractivity contribution in [2.45, 2.75) is 51.6 Å². The van der Waals surface area contributed by atoms with Gasteiger partial charge in [-0.1, -0.05) is 20.3 Å². The highest BCUT2D eigenvalue weighted by atomic mass is 16.3. The van der Waals surface area contributed by atoms with Crippen molar-refractivity contribution in [1.82, 2.24) is 5.32 Å². The van der Waals surface area contributed by atoms with Gasteiger partial charge in [0, 0.05) is 6.04 Å². The Hall–Kier alpha value is -0.760. The van der Waals surface area contributed by atoms with Gasteiger partial charge in [0.2, 0.25) is 0 Å². The van der Waals surface area contributed by atoms with E-state index in [0.29, 0.717) is 12.1 Å². The van der Waals surface area contributed by atoms with Crippen molar-refractivity contribution in [2.75, 3.05) is 0 Å². The topological polar surface area (TPSA) is 25.2 Å². The molecule has 1 aliphatic rings. The number of furan rings is 1. The van der Waals surface area contributed by atoms with Crippen LogP contribution in [0.25, 0.3) is 0 Å². The van der Waals surface area contributed by atoms with Crippen molar-refractivity contribution >= 4 is 0 Å². The van der Waals surface area contributed by atoms with Crippen molar-refractivity contribution in [1.29, 1.82) is 0 Å². The van der Waals surface area contributed by atoms with E-state index in [1.54, 1.807) is 6.26 Å². The van der Waals surface area contributed by atoms with Gasteiger partial charge in [0.15, 0.2) is 0 Å². The van der Waals surface area contributed by atoms with E-state index in [4.69, 9.17) is 4.42 Å². The molecule has 2 nitrogen and oxygen atoms in total. The summed E-state index contributed by atoms with van der Waals surface area (Å²) in [5, 5.41) is 3.72. The van der Waals surface area contributed by atoms with E-state index in [9.17, 15) is 0 Å². The lowest BCUT2D eigenvalue weighted by Gasteiger charge is -2.23. The Morgan fingerprint density at radius 3 is 2.93 bits per heavy atom. The molecule has 84 valence electrons. The summed E-state index contributed by atoms with van der Waals surface area (Å²) >= 11 is 0. The third-order valence-electron chi connectivity index (χ3n) is 3.57. The minimum absolute atomic E-state index is 0.394. The largest absolute Gasteiger partial charge is 0.468 e. The fourth-order valence-corrected chi connectivity index (χ4v) is 2.54. The van der Waals surface area contributed by atoms with Gasteiger partial charge in [-0.25, -0.2) is 0 Å². The number of rotatable bonds is 4. The Balaban J connectivity index is 1.96. The highest BCUT2D eigenvalue weighted by Crippen LogP contribution is 2.28. The molecule has 3 unspecified atom stereocenters. The molecule has 2 heteroatoms. The zero-order valence-corrected chi connectivity index (χ0v) is 9.70. The van der Waals surface area contributed by atoms with Crippen LogP contribution in [0.5, 0.6) is 0 Å². The van der Waals surface area contributed by atoms with E-state index in [-0.39, 0.29) is 0 Å². The summed E-state index contributed by atoms with van der Waals surface area (Å²) in [7, 11) is 0. The van der Waals surface area contributed by atoms with E-state index >= 15 is 0 Å². The summed E-state index contributed by atoms with van der Waals surface area (Å²) in [6, 6.07) is 5.11. The second-order valence-corrected chi connectivity index (χ2v) is 4.66. The predicted octanol–water partition coefficient (Wildman–Crippen LogP) is 3.51. The smallest absolute Gasteiger partial charge is 0.120 e. The van der Waals surface area contributed by atoms with Crippen LogP contribution < -0.4 is 5.32 Å². The number of hydrogen-bond donors (Lipinski definition) is 1. The molecule has 1 aromatic heterocycles. The molecule has 1 fully saturated rings. The second-order valence-electron chi connectivity index (χ2n) is 4.66. The monoisotopic (exact) mass is 207 g/mol. The summed E-state index contributed by atoms with van der Waals surface area (Å²) in [6.07, 6.45) is 6.91. The highest BCUT2D eigenvalue weighted by molar-refractivity contribution is 5.05. The molecule has 1 heterocycles. The van der Waals surface area contributed by atoms with Crippen LogP contribution in [0, 0.1) is 5.92 Å². The van der Waals surface area contributed by atoms with Gasteiger partial charge in [0.05, 0.1) is 12.3 Å². The highest BCUT2D eigenvalue weighted by Gasteiger charge is 2.26. The maximum atomic E-state index is 5.47. The standard InChI is InChI=1S/C13H21NO/c1-3-11(13-8-5-9-15-13)14-12-7-4-6-10(12)2/h5,8-12,14H,3-4,6-7H2,1-2H3. The zero-order chi connectivity index (χ0) is 10.7. The van der Waals surface area contributed by atoms with E-state index in [0.717, 1.165) is 18.1 Å². The van der Waals surface area contributed by atoms with Crippen molar-refractivity contribution in [3.8, 4) is 0 Å². The van der Waals surface area contributed by atoms with Crippen LogP contribution >= 0.6 is 0 Å². The average Bonchev–Trinajstić information content (AvgIpc) is 2.86. The Morgan fingerprint density at radius 2 is 2.40 bits per heavy atom. The van der Waals surface area contributed by atoms with Gasteiger partial charge in [-0.05, 0) is 37.3 Å². The quantitative estimate of drug-likeness (QED) is 0.817. The molecule has 1 aliphatic carbocycles. The maximum absolute atomic E-state index is 5.47. The Bertz CT molecular complexity index is 281. The maximum Gasteiger partial charge on any atom is 0.120 e. The molecule has 1 aromatic rings. The van der Waals surface area contributed by atoms with Gasteiger partial charge >= 0.3 is 0 Å². The first-order valence-electron chi connectivity index (χ1n) is 6.10. The molecular formula is C13H21NO. The van der Waals surface area contributed by atoms with Gasteiger partial charge < -0.3 is 9.73 Å². The molecule has 0 aliphatic heterocycles. The first-order valence-corrected chi connectivity index (χ1v) is 6.10. The number of hydrogen-bond acceptors (Lipinski definition) is 2. The summed E-state index contributed by atoms with van der Waals surface area (Å²) in [4.78, 5) is 0. The Labute approximate surface area is 92.1 Å². The van der Waals surface area contributed by atoms with E-state index in [2.05, 4.69) is 25.2 Å². The van der Waals surface area contributed by atoms with E-state index < -0.39 is 0 Å². The first-order chi connectivity index (χ1) is 7.31. The van der Waals surface area contributed by atoms with Crippen molar-refractivity contribution in [3.63, 3.8) is 0 Å². The average molecular weight is 207 g/mol.